The van der Waals surface area contributed by atoms with Gasteiger partial charge in [0, 0.05) is 37.6 Å². The maximum atomic E-state index is 12.8. The quantitative estimate of drug-likeness (QED) is 0.495. The van der Waals surface area contributed by atoms with E-state index in [2.05, 4.69) is 10.1 Å². The molecule has 2 aromatic carbocycles. The average Bonchev–Trinajstić information content (AvgIpc) is 3.41. The summed E-state index contributed by atoms with van der Waals surface area (Å²) < 4.78 is 12.6. The summed E-state index contributed by atoms with van der Waals surface area (Å²) in [5.41, 5.74) is 2.21. The lowest BCUT2D eigenvalue weighted by molar-refractivity contribution is 0.0586. The fourth-order valence-corrected chi connectivity index (χ4v) is 4.38. The Hall–Kier alpha value is -3.19. The molecule has 0 aliphatic carbocycles. The molecule has 6 nitrogen and oxygen atoms in total. The molecular formula is C22H19N3O3S. The number of aromatic nitrogens is 2. The number of piperidine rings is 1. The zero-order chi connectivity index (χ0) is 19.6. The number of carbonyl (C=O) groups is 1. The largest absolute Gasteiger partial charge is 0.467 e. The predicted octanol–water partition coefficient (Wildman–Crippen LogP) is 4.63. The molecule has 0 atom stereocenters. The number of rotatable bonds is 4. The van der Waals surface area contributed by atoms with Gasteiger partial charge in [0.25, 0.3) is 11.1 Å². The van der Waals surface area contributed by atoms with Crippen molar-refractivity contribution in [1.82, 2.24) is 15.0 Å². The molecule has 0 bridgehead atoms. The second-order valence-corrected chi connectivity index (χ2v) is 7.99. The highest BCUT2D eigenvalue weighted by atomic mass is 32.1. The lowest BCUT2D eigenvalue weighted by atomic mass is 10.1. The van der Waals surface area contributed by atoms with Gasteiger partial charge in [-0.1, -0.05) is 59.0 Å². The average molecular weight is 405 g/mol. The minimum absolute atomic E-state index is 0.0665. The van der Waals surface area contributed by atoms with Gasteiger partial charge in [-0.25, -0.2) is 4.98 Å². The summed E-state index contributed by atoms with van der Waals surface area (Å²) in [6.07, 6.45) is 1.60. The van der Waals surface area contributed by atoms with Crippen molar-refractivity contribution in [2.45, 2.75) is 18.9 Å². The van der Waals surface area contributed by atoms with Crippen molar-refractivity contribution >= 4 is 27.5 Å². The van der Waals surface area contributed by atoms with E-state index in [-0.39, 0.29) is 12.0 Å². The van der Waals surface area contributed by atoms with E-state index in [9.17, 15) is 4.79 Å². The first-order valence-corrected chi connectivity index (χ1v) is 10.4. The van der Waals surface area contributed by atoms with Crippen molar-refractivity contribution in [2.24, 2.45) is 0 Å². The number of ether oxygens (including phenoxy) is 1. The summed E-state index contributed by atoms with van der Waals surface area (Å²) in [5.74, 6) is 0.498. The van der Waals surface area contributed by atoms with E-state index in [1.54, 1.807) is 17.4 Å². The van der Waals surface area contributed by atoms with Crippen LogP contribution in [0.4, 0.5) is 0 Å². The summed E-state index contributed by atoms with van der Waals surface area (Å²) in [6.45, 7) is 1.25. The number of benzene rings is 2. The second-order valence-electron chi connectivity index (χ2n) is 7.00. The normalized spacial score (nSPS) is 15.0. The first-order valence-electron chi connectivity index (χ1n) is 9.60. The molecule has 0 unspecified atom stereocenters. The minimum Gasteiger partial charge on any atom is -0.467 e. The van der Waals surface area contributed by atoms with Gasteiger partial charge in [-0.05, 0) is 12.1 Å². The van der Waals surface area contributed by atoms with E-state index >= 15 is 0 Å². The molecule has 0 N–H and O–H groups in total. The highest BCUT2D eigenvalue weighted by Crippen LogP contribution is 2.30. The maximum absolute atomic E-state index is 12.8. The van der Waals surface area contributed by atoms with Gasteiger partial charge < -0.3 is 14.2 Å². The number of likely N-dealkylation sites (tertiary alicyclic amines) is 1. The Labute approximate surface area is 171 Å². The summed E-state index contributed by atoms with van der Waals surface area (Å²) >= 11 is 1.56. The smallest absolute Gasteiger partial charge is 0.276 e. The highest BCUT2D eigenvalue weighted by Gasteiger charge is 2.27. The van der Waals surface area contributed by atoms with Gasteiger partial charge in [0.1, 0.15) is 6.10 Å². The van der Waals surface area contributed by atoms with E-state index < -0.39 is 0 Å². The molecule has 1 aliphatic rings. The number of para-hydroxylation sites is 1. The molecule has 2 aromatic heterocycles. The van der Waals surface area contributed by atoms with Crippen molar-refractivity contribution in [3.8, 4) is 16.5 Å². The zero-order valence-electron chi connectivity index (χ0n) is 15.7. The van der Waals surface area contributed by atoms with Crippen LogP contribution in [0.2, 0.25) is 0 Å². The molecule has 4 aromatic rings. The van der Waals surface area contributed by atoms with Crippen LogP contribution in [0.25, 0.3) is 21.5 Å². The van der Waals surface area contributed by atoms with Gasteiger partial charge in [0.15, 0.2) is 11.5 Å². The van der Waals surface area contributed by atoms with Crippen LogP contribution in [0.15, 0.2) is 65.2 Å². The number of hydrogen-bond acceptors (Lipinski definition) is 6. The van der Waals surface area contributed by atoms with Gasteiger partial charge in [0.05, 0.1) is 10.2 Å². The first-order chi connectivity index (χ1) is 14.3. The third-order valence-corrected chi connectivity index (χ3v) is 5.99. The molecule has 5 rings (SSSR count). The van der Waals surface area contributed by atoms with Crippen LogP contribution in [0.1, 0.15) is 23.3 Å². The molecule has 1 saturated heterocycles. The molecule has 7 heteroatoms. The molecular weight excluding hydrogens is 386 g/mol. The zero-order valence-corrected chi connectivity index (χ0v) is 16.5. The number of carbonyl (C=O) groups excluding carboxylic acids is 1. The van der Waals surface area contributed by atoms with Crippen molar-refractivity contribution in [2.75, 3.05) is 13.1 Å². The maximum Gasteiger partial charge on any atom is 0.276 e. The Morgan fingerprint density at radius 1 is 1.07 bits per heavy atom. The Morgan fingerprint density at radius 3 is 2.62 bits per heavy atom. The summed E-state index contributed by atoms with van der Waals surface area (Å²) in [4.78, 5) is 19.1. The molecule has 0 saturated carbocycles. The molecule has 1 amide bonds. The SMILES string of the molecule is O=C(c1cc(-c2ccccc2)on1)N1CCC(Oc2nc3ccccc3s2)CC1. The van der Waals surface area contributed by atoms with Crippen LogP contribution < -0.4 is 4.74 Å². The van der Waals surface area contributed by atoms with Crippen molar-refractivity contribution in [1.29, 1.82) is 0 Å². The summed E-state index contributed by atoms with van der Waals surface area (Å²) in [5, 5.41) is 4.67. The Morgan fingerprint density at radius 2 is 1.83 bits per heavy atom. The molecule has 1 fully saturated rings. The third-order valence-electron chi connectivity index (χ3n) is 5.06. The fourth-order valence-electron chi connectivity index (χ4n) is 3.50. The van der Waals surface area contributed by atoms with Gasteiger partial charge >= 0.3 is 0 Å². The number of nitrogens with zero attached hydrogens (tertiary/aromatic N) is 3. The molecule has 29 heavy (non-hydrogen) atoms. The van der Waals surface area contributed by atoms with Crippen molar-refractivity contribution < 1.29 is 14.1 Å². The van der Waals surface area contributed by atoms with Crippen LogP contribution in [0, 0.1) is 0 Å². The Balaban J connectivity index is 1.20. The fraction of sp³-hybridized carbons (Fsp3) is 0.227. The van der Waals surface area contributed by atoms with Crippen molar-refractivity contribution in [3.63, 3.8) is 0 Å². The van der Waals surface area contributed by atoms with Gasteiger partial charge in [-0.15, -0.1) is 0 Å². The molecule has 3 heterocycles. The van der Waals surface area contributed by atoms with Crippen LogP contribution >= 0.6 is 11.3 Å². The van der Waals surface area contributed by atoms with Crippen LogP contribution in [0.3, 0.4) is 0 Å². The van der Waals surface area contributed by atoms with E-state index in [0.29, 0.717) is 29.7 Å². The van der Waals surface area contributed by atoms with Crippen LogP contribution in [-0.2, 0) is 0 Å². The standard InChI is InChI=1S/C22H19N3O3S/c26-21(18-14-19(28-24-18)15-6-2-1-3-7-15)25-12-10-16(11-13-25)27-22-23-17-8-4-5-9-20(17)29-22/h1-9,14,16H,10-13H2. The molecule has 0 radical (unpaired) electrons. The number of amides is 1. The van der Waals surface area contributed by atoms with Crippen LogP contribution in [0.5, 0.6) is 5.19 Å². The predicted molar refractivity (Wildman–Crippen MR) is 111 cm³/mol. The summed E-state index contributed by atoms with van der Waals surface area (Å²) in [7, 11) is 0. The van der Waals surface area contributed by atoms with Gasteiger partial charge in [0.2, 0.25) is 0 Å². The van der Waals surface area contributed by atoms with Gasteiger partial charge in [-0.3, -0.25) is 4.79 Å². The van der Waals surface area contributed by atoms with Crippen molar-refractivity contribution in [3.05, 3.63) is 66.4 Å². The summed E-state index contributed by atoms with van der Waals surface area (Å²) in [6, 6.07) is 19.4. The highest BCUT2D eigenvalue weighted by molar-refractivity contribution is 7.20. The molecule has 0 spiro atoms. The monoisotopic (exact) mass is 405 g/mol. The Bertz CT molecular complexity index is 1100. The van der Waals surface area contributed by atoms with E-state index in [1.165, 1.54) is 0 Å². The van der Waals surface area contributed by atoms with Gasteiger partial charge in [-0.2, -0.15) is 0 Å². The number of thiazole rings is 1. The number of hydrogen-bond donors (Lipinski definition) is 0. The molecule has 146 valence electrons. The number of fused-ring (bicyclic) bond motifs is 1. The first kappa shape index (κ1) is 17.9. The van der Waals surface area contributed by atoms with E-state index in [0.717, 1.165) is 28.6 Å². The van der Waals surface area contributed by atoms with E-state index in [4.69, 9.17) is 9.26 Å². The van der Waals surface area contributed by atoms with E-state index in [1.807, 2.05) is 59.5 Å². The second kappa shape index (κ2) is 7.67. The van der Waals surface area contributed by atoms with Crippen LogP contribution in [-0.4, -0.2) is 40.1 Å². The lowest BCUT2D eigenvalue weighted by Crippen LogP contribution is -2.41. The lowest BCUT2D eigenvalue weighted by Gasteiger charge is -2.31. The third kappa shape index (κ3) is 3.73. The Kier molecular flexibility index (Phi) is 4.73. The topological polar surface area (TPSA) is 68.5 Å². The molecule has 1 aliphatic heterocycles. The minimum atomic E-state index is -0.102.